The van der Waals surface area contributed by atoms with Gasteiger partial charge in [-0.2, -0.15) is 0 Å². The average molecular weight is 471 g/mol. The fraction of sp³-hybridized carbons (Fsp3) is 0.310. The Labute approximate surface area is 207 Å². The van der Waals surface area contributed by atoms with Crippen molar-refractivity contribution in [2.45, 2.75) is 46.3 Å². The van der Waals surface area contributed by atoms with Crippen LogP contribution in [-0.4, -0.2) is 49.5 Å². The highest BCUT2D eigenvalue weighted by atomic mass is 16.3. The molecule has 1 N–H and O–H groups in total. The van der Waals surface area contributed by atoms with Crippen LogP contribution in [0.2, 0.25) is 0 Å². The Morgan fingerprint density at radius 1 is 1.14 bits per heavy atom. The van der Waals surface area contributed by atoms with Crippen molar-refractivity contribution < 1.29 is 9.90 Å². The number of rotatable bonds is 8. The van der Waals surface area contributed by atoms with Gasteiger partial charge < -0.3 is 14.6 Å². The largest absolute Gasteiger partial charge is 0.508 e. The van der Waals surface area contributed by atoms with Gasteiger partial charge in [0.2, 0.25) is 5.91 Å². The maximum absolute atomic E-state index is 13.7. The predicted octanol–water partition coefficient (Wildman–Crippen LogP) is 4.68. The third-order valence-corrected chi connectivity index (χ3v) is 6.56. The number of carbonyl (C=O) groups is 1. The molecule has 0 radical (unpaired) electrons. The second-order valence-electron chi connectivity index (χ2n) is 9.14. The van der Waals surface area contributed by atoms with Gasteiger partial charge in [-0.15, -0.1) is 0 Å². The Hall–Kier alpha value is -3.64. The normalized spacial score (nSPS) is 17.5. The fourth-order valence-electron chi connectivity index (χ4n) is 4.64. The van der Waals surface area contributed by atoms with Gasteiger partial charge in [-0.3, -0.25) is 9.69 Å². The molecule has 4 rings (SSSR count). The molecule has 35 heavy (non-hydrogen) atoms. The number of aromatic nitrogens is 2. The zero-order valence-electron chi connectivity index (χ0n) is 20.8. The summed E-state index contributed by atoms with van der Waals surface area (Å²) in [6.07, 6.45) is 10.1. The Morgan fingerprint density at radius 3 is 2.74 bits per heavy atom. The molecule has 2 heterocycles. The van der Waals surface area contributed by atoms with Crippen molar-refractivity contribution in [2.75, 3.05) is 13.1 Å². The lowest BCUT2D eigenvalue weighted by molar-refractivity contribution is -0.139. The number of aromatic hydroxyl groups is 1. The van der Waals surface area contributed by atoms with Crippen LogP contribution in [-0.2, 0) is 24.3 Å². The number of allylic oxidation sites excluding steroid dienone is 4. The summed E-state index contributed by atoms with van der Waals surface area (Å²) in [6.45, 7) is 8.75. The number of imidazole rings is 1. The van der Waals surface area contributed by atoms with Gasteiger partial charge in [-0.05, 0) is 44.0 Å². The highest BCUT2D eigenvalue weighted by molar-refractivity contribution is 5.84. The van der Waals surface area contributed by atoms with Gasteiger partial charge in [0.05, 0.1) is 18.1 Å². The van der Waals surface area contributed by atoms with Crippen LogP contribution in [0.4, 0.5) is 0 Å². The number of hydrogen-bond acceptors (Lipinski definition) is 4. The summed E-state index contributed by atoms with van der Waals surface area (Å²) in [5, 5.41) is 10.4. The highest BCUT2D eigenvalue weighted by Gasteiger charge is 2.36. The first-order chi connectivity index (χ1) is 17.0. The SMILES string of the molecule is C/C=C\C=C(/C)N1CCN(Cc2cncn2Cc2cccc(C)c2)C(Cc2ccccc2O)C1=O. The smallest absolute Gasteiger partial charge is 0.244 e. The molecule has 1 unspecified atom stereocenters. The van der Waals surface area contributed by atoms with E-state index in [0.717, 1.165) is 30.0 Å². The minimum absolute atomic E-state index is 0.0579. The number of aryl methyl sites for hydroxylation is 1. The number of nitrogens with zero attached hydrogens (tertiary/aromatic N) is 4. The van der Waals surface area contributed by atoms with Crippen LogP contribution in [0.1, 0.15) is 36.2 Å². The Balaban J connectivity index is 1.59. The van der Waals surface area contributed by atoms with Gasteiger partial charge in [0.15, 0.2) is 0 Å². The molecule has 182 valence electrons. The van der Waals surface area contributed by atoms with E-state index in [1.807, 2.05) is 61.6 Å². The molecule has 1 aliphatic rings. The summed E-state index contributed by atoms with van der Waals surface area (Å²) >= 11 is 0. The molecule has 6 nitrogen and oxygen atoms in total. The van der Waals surface area contributed by atoms with Crippen molar-refractivity contribution in [3.05, 3.63) is 107 Å². The van der Waals surface area contributed by atoms with Crippen LogP contribution < -0.4 is 0 Å². The number of amides is 1. The number of piperazine rings is 1. The molecular weight excluding hydrogens is 436 g/mol. The van der Waals surface area contributed by atoms with E-state index in [1.165, 1.54) is 11.1 Å². The summed E-state index contributed by atoms with van der Waals surface area (Å²) < 4.78 is 2.15. The first kappa shape index (κ1) is 24.5. The van der Waals surface area contributed by atoms with Crippen LogP contribution in [0.5, 0.6) is 5.75 Å². The predicted molar refractivity (Wildman–Crippen MR) is 139 cm³/mol. The molecule has 1 amide bonds. The molecule has 0 spiro atoms. The van der Waals surface area contributed by atoms with Crippen molar-refractivity contribution in [1.82, 2.24) is 19.4 Å². The van der Waals surface area contributed by atoms with E-state index in [0.29, 0.717) is 19.5 Å². The van der Waals surface area contributed by atoms with Crippen molar-refractivity contribution in [3.63, 3.8) is 0 Å². The third kappa shape index (κ3) is 5.89. The van der Waals surface area contributed by atoms with Gasteiger partial charge in [0.1, 0.15) is 5.75 Å². The van der Waals surface area contributed by atoms with Gasteiger partial charge in [0, 0.05) is 44.5 Å². The van der Waals surface area contributed by atoms with Gasteiger partial charge in [0.25, 0.3) is 0 Å². The highest BCUT2D eigenvalue weighted by Crippen LogP contribution is 2.25. The molecule has 0 saturated carbocycles. The lowest BCUT2D eigenvalue weighted by Crippen LogP contribution is -2.56. The molecule has 3 aromatic rings. The summed E-state index contributed by atoms with van der Waals surface area (Å²) in [5.41, 5.74) is 5.23. The fourth-order valence-corrected chi connectivity index (χ4v) is 4.64. The zero-order valence-corrected chi connectivity index (χ0v) is 20.8. The number of phenols is 1. The van der Waals surface area contributed by atoms with Gasteiger partial charge in [-0.25, -0.2) is 4.98 Å². The van der Waals surface area contributed by atoms with E-state index >= 15 is 0 Å². The Bertz CT molecular complexity index is 1230. The van der Waals surface area contributed by atoms with Crippen LogP contribution in [0.15, 0.2) is 85.0 Å². The second-order valence-corrected chi connectivity index (χ2v) is 9.14. The molecular formula is C29H34N4O2. The molecule has 2 aromatic carbocycles. The van der Waals surface area contributed by atoms with Crippen molar-refractivity contribution >= 4 is 5.91 Å². The molecule has 6 heteroatoms. The standard InChI is InChI=1S/C29H34N4O2/c1-4-5-10-23(3)33-15-14-31(27(29(33)35)17-25-12-6-7-13-28(25)34)20-26-18-30-21-32(26)19-24-11-8-9-22(2)16-24/h4-13,16,18,21,27,34H,14-15,17,19-20H2,1-3H3/b5-4-,23-10+. The van der Waals surface area contributed by atoms with Crippen LogP contribution in [0, 0.1) is 6.92 Å². The number of hydrogen-bond donors (Lipinski definition) is 1. The lowest BCUT2D eigenvalue weighted by atomic mass is 9.99. The van der Waals surface area contributed by atoms with Crippen molar-refractivity contribution in [2.24, 2.45) is 0 Å². The van der Waals surface area contributed by atoms with E-state index < -0.39 is 0 Å². The van der Waals surface area contributed by atoms with Gasteiger partial charge >= 0.3 is 0 Å². The van der Waals surface area contributed by atoms with E-state index in [4.69, 9.17) is 0 Å². The van der Waals surface area contributed by atoms with Crippen LogP contribution >= 0.6 is 0 Å². The number of carbonyl (C=O) groups excluding carboxylic acids is 1. The third-order valence-electron chi connectivity index (χ3n) is 6.56. The van der Waals surface area contributed by atoms with Crippen LogP contribution in [0.25, 0.3) is 0 Å². The molecule has 1 saturated heterocycles. The van der Waals surface area contributed by atoms with Gasteiger partial charge in [-0.1, -0.05) is 60.2 Å². The van der Waals surface area contributed by atoms with E-state index in [9.17, 15) is 9.90 Å². The number of para-hydroxylation sites is 1. The quantitative estimate of drug-likeness (QED) is 0.486. The molecule has 1 aliphatic heterocycles. The molecule has 1 atom stereocenters. The molecule has 1 fully saturated rings. The zero-order chi connectivity index (χ0) is 24.8. The monoisotopic (exact) mass is 470 g/mol. The summed E-state index contributed by atoms with van der Waals surface area (Å²) in [6, 6.07) is 15.4. The first-order valence-electron chi connectivity index (χ1n) is 12.1. The Morgan fingerprint density at radius 2 is 1.97 bits per heavy atom. The lowest BCUT2D eigenvalue weighted by Gasteiger charge is -2.41. The minimum Gasteiger partial charge on any atom is -0.508 e. The van der Waals surface area contributed by atoms with Crippen LogP contribution in [0.3, 0.4) is 0 Å². The topological polar surface area (TPSA) is 61.6 Å². The number of phenolic OH excluding ortho intramolecular Hbond substituents is 1. The summed E-state index contributed by atoms with van der Waals surface area (Å²) in [4.78, 5) is 22.2. The maximum atomic E-state index is 13.7. The molecule has 0 aliphatic carbocycles. The van der Waals surface area contributed by atoms with Crippen molar-refractivity contribution in [3.8, 4) is 5.75 Å². The van der Waals surface area contributed by atoms with E-state index in [-0.39, 0.29) is 17.7 Å². The van der Waals surface area contributed by atoms with E-state index in [2.05, 4.69) is 45.6 Å². The minimum atomic E-state index is -0.381. The molecule has 0 bridgehead atoms. The summed E-state index contributed by atoms with van der Waals surface area (Å²) in [7, 11) is 0. The second kappa shape index (κ2) is 11.2. The number of benzene rings is 2. The first-order valence-corrected chi connectivity index (χ1v) is 12.1. The average Bonchev–Trinajstić information content (AvgIpc) is 3.27. The van der Waals surface area contributed by atoms with Crippen molar-refractivity contribution in [1.29, 1.82) is 0 Å². The Kier molecular flexibility index (Phi) is 7.83. The maximum Gasteiger partial charge on any atom is 0.244 e. The van der Waals surface area contributed by atoms with E-state index in [1.54, 1.807) is 12.1 Å². The summed E-state index contributed by atoms with van der Waals surface area (Å²) in [5.74, 6) is 0.283. The molecule has 1 aromatic heterocycles.